The van der Waals surface area contributed by atoms with Crippen LogP contribution in [0.4, 0.5) is 4.39 Å². The molecule has 1 aromatic heterocycles. The van der Waals surface area contributed by atoms with Gasteiger partial charge < -0.3 is 15.5 Å². The summed E-state index contributed by atoms with van der Waals surface area (Å²) >= 11 is 0. The Morgan fingerprint density at radius 1 is 1.27 bits per heavy atom. The molecule has 1 aliphatic heterocycles. The summed E-state index contributed by atoms with van der Waals surface area (Å²) in [6.45, 7) is 7.68. The van der Waals surface area contributed by atoms with Crippen molar-refractivity contribution in [3.8, 4) is 5.69 Å². The van der Waals surface area contributed by atoms with Crippen LogP contribution in [0, 0.1) is 12.7 Å². The van der Waals surface area contributed by atoms with E-state index in [1.165, 1.54) is 12.1 Å². The quantitative estimate of drug-likeness (QED) is 0.749. The predicted molar refractivity (Wildman–Crippen MR) is 102 cm³/mol. The average Bonchev–Trinajstić information content (AvgIpc) is 3.02. The van der Waals surface area contributed by atoms with Crippen molar-refractivity contribution in [1.29, 1.82) is 0 Å². The molecule has 2 aromatic rings. The maximum Gasteiger partial charge on any atom is 0.254 e. The summed E-state index contributed by atoms with van der Waals surface area (Å²) in [4.78, 5) is 14.8. The first-order valence-electron chi connectivity index (χ1n) is 8.67. The predicted octanol–water partition coefficient (Wildman–Crippen LogP) is 1.77. The number of amides is 1. The highest BCUT2D eigenvalue weighted by Crippen LogP contribution is 2.14. The number of hydrogen-bond acceptors (Lipinski definition) is 4. The lowest BCUT2D eigenvalue weighted by atomic mass is 10.2. The van der Waals surface area contributed by atoms with E-state index in [0.29, 0.717) is 12.1 Å². The Morgan fingerprint density at radius 2 is 1.96 bits per heavy atom. The van der Waals surface area contributed by atoms with E-state index in [9.17, 15) is 9.18 Å². The van der Waals surface area contributed by atoms with Gasteiger partial charge in [0.05, 0.1) is 23.1 Å². The van der Waals surface area contributed by atoms with Crippen molar-refractivity contribution in [1.82, 2.24) is 25.3 Å². The van der Waals surface area contributed by atoms with Crippen molar-refractivity contribution in [3.05, 3.63) is 47.5 Å². The third-order valence-electron chi connectivity index (χ3n) is 4.47. The molecule has 0 saturated carbocycles. The van der Waals surface area contributed by atoms with E-state index in [0.717, 1.165) is 50.5 Å². The highest BCUT2D eigenvalue weighted by atomic mass is 35.5. The maximum atomic E-state index is 13.0. The van der Waals surface area contributed by atoms with Gasteiger partial charge in [-0.25, -0.2) is 9.07 Å². The summed E-state index contributed by atoms with van der Waals surface area (Å²) in [5, 5.41) is 10.5. The fourth-order valence-corrected chi connectivity index (χ4v) is 3.01. The molecule has 0 bridgehead atoms. The van der Waals surface area contributed by atoms with Crippen LogP contribution >= 0.6 is 12.4 Å². The first kappa shape index (κ1) is 20.4. The third kappa shape index (κ3) is 5.03. The Bertz CT molecular complexity index is 713. The molecule has 6 nitrogen and oxygen atoms in total. The number of nitrogens with zero attached hydrogens (tertiary/aromatic N) is 3. The van der Waals surface area contributed by atoms with Gasteiger partial charge in [0, 0.05) is 32.7 Å². The van der Waals surface area contributed by atoms with Gasteiger partial charge in [-0.3, -0.25) is 4.79 Å². The van der Waals surface area contributed by atoms with Gasteiger partial charge in [0.25, 0.3) is 5.91 Å². The summed E-state index contributed by atoms with van der Waals surface area (Å²) in [5.41, 5.74) is 2.02. The number of hydrogen-bond donors (Lipinski definition) is 2. The SMILES string of the molecule is Cc1c(C(=O)NCCCN2CCNCC2)cnn1-c1ccc(F)cc1.Cl. The molecule has 1 aliphatic rings. The van der Waals surface area contributed by atoms with E-state index in [1.807, 2.05) is 6.92 Å². The molecule has 1 amide bonds. The molecule has 142 valence electrons. The van der Waals surface area contributed by atoms with Crippen molar-refractivity contribution in [3.63, 3.8) is 0 Å². The monoisotopic (exact) mass is 381 g/mol. The Morgan fingerprint density at radius 3 is 2.65 bits per heavy atom. The lowest BCUT2D eigenvalue weighted by Gasteiger charge is -2.27. The number of aromatic nitrogens is 2. The fourth-order valence-electron chi connectivity index (χ4n) is 3.01. The largest absolute Gasteiger partial charge is 0.352 e. The minimum atomic E-state index is -0.295. The van der Waals surface area contributed by atoms with E-state index < -0.39 is 0 Å². The highest BCUT2D eigenvalue weighted by molar-refractivity contribution is 5.95. The minimum absolute atomic E-state index is 0. The molecule has 0 aliphatic carbocycles. The third-order valence-corrected chi connectivity index (χ3v) is 4.47. The van der Waals surface area contributed by atoms with Crippen molar-refractivity contribution in [2.24, 2.45) is 0 Å². The van der Waals surface area contributed by atoms with Crippen LogP contribution in [0.1, 0.15) is 22.5 Å². The molecular formula is C18H25ClFN5O. The maximum absolute atomic E-state index is 13.0. The van der Waals surface area contributed by atoms with Crippen LogP contribution in [-0.2, 0) is 0 Å². The number of carbonyl (C=O) groups is 1. The smallest absolute Gasteiger partial charge is 0.254 e. The molecular weight excluding hydrogens is 357 g/mol. The summed E-state index contributed by atoms with van der Waals surface area (Å²) in [5.74, 6) is -0.415. The average molecular weight is 382 g/mol. The lowest BCUT2D eigenvalue weighted by Crippen LogP contribution is -2.44. The van der Waals surface area contributed by atoms with E-state index in [1.54, 1.807) is 23.0 Å². The Labute approximate surface area is 159 Å². The Hall–Kier alpha value is -1.96. The second kappa shape index (κ2) is 9.66. The van der Waals surface area contributed by atoms with Gasteiger partial charge in [0.2, 0.25) is 0 Å². The molecule has 0 unspecified atom stereocenters. The van der Waals surface area contributed by atoms with E-state index in [-0.39, 0.29) is 24.1 Å². The molecule has 2 N–H and O–H groups in total. The zero-order valence-corrected chi connectivity index (χ0v) is 15.7. The number of halogens is 2. The van der Waals surface area contributed by atoms with Crippen LogP contribution in [0.15, 0.2) is 30.5 Å². The Kier molecular flexibility index (Phi) is 7.56. The van der Waals surface area contributed by atoms with Gasteiger partial charge in [-0.2, -0.15) is 5.10 Å². The van der Waals surface area contributed by atoms with Gasteiger partial charge in [0.15, 0.2) is 0 Å². The van der Waals surface area contributed by atoms with Gasteiger partial charge in [-0.15, -0.1) is 12.4 Å². The molecule has 0 atom stereocenters. The van der Waals surface area contributed by atoms with Crippen LogP contribution in [-0.4, -0.2) is 59.9 Å². The first-order valence-corrected chi connectivity index (χ1v) is 8.67. The van der Waals surface area contributed by atoms with Gasteiger partial charge in [-0.05, 0) is 44.2 Å². The number of piperazine rings is 1. The van der Waals surface area contributed by atoms with E-state index in [4.69, 9.17) is 0 Å². The Balaban J connectivity index is 0.00000243. The first-order chi connectivity index (χ1) is 12.1. The second-order valence-electron chi connectivity index (χ2n) is 6.23. The molecule has 2 heterocycles. The zero-order valence-electron chi connectivity index (χ0n) is 14.9. The molecule has 1 fully saturated rings. The molecule has 3 rings (SSSR count). The van der Waals surface area contributed by atoms with Crippen LogP contribution in [0.5, 0.6) is 0 Å². The number of carbonyl (C=O) groups excluding carboxylic acids is 1. The number of nitrogens with one attached hydrogen (secondary N) is 2. The number of benzene rings is 1. The molecule has 1 aromatic carbocycles. The van der Waals surface area contributed by atoms with Gasteiger partial charge >= 0.3 is 0 Å². The fraction of sp³-hybridized carbons (Fsp3) is 0.444. The van der Waals surface area contributed by atoms with Crippen LogP contribution in [0.3, 0.4) is 0 Å². The van der Waals surface area contributed by atoms with Crippen LogP contribution in [0.2, 0.25) is 0 Å². The molecule has 8 heteroatoms. The normalized spacial score (nSPS) is 14.7. The van der Waals surface area contributed by atoms with Gasteiger partial charge in [-0.1, -0.05) is 0 Å². The topological polar surface area (TPSA) is 62.2 Å². The van der Waals surface area contributed by atoms with Crippen molar-refractivity contribution in [2.45, 2.75) is 13.3 Å². The van der Waals surface area contributed by atoms with Gasteiger partial charge in [0.1, 0.15) is 5.82 Å². The number of rotatable bonds is 6. The van der Waals surface area contributed by atoms with Crippen LogP contribution < -0.4 is 10.6 Å². The second-order valence-corrected chi connectivity index (χ2v) is 6.23. The van der Waals surface area contributed by atoms with Crippen molar-refractivity contribution >= 4 is 18.3 Å². The molecule has 1 saturated heterocycles. The van der Waals surface area contributed by atoms with Crippen LogP contribution in [0.25, 0.3) is 5.69 Å². The standard InChI is InChI=1S/C18H24FN5O.ClH/c1-14-17(13-22-24(14)16-5-3-15(19)4-6-16)18(25)21-7-2-10-23-11-8-20-9-12-23;/h3-6,13,20H,2,7-12H2,1H3,(H,21,25);1H. The van der Waals surface area contributed by atoms with Crippen molar-refractivity contribution < 1.29 is 9.18 Å². The summed E-state index contributed by atoms with van der Waals surface area (Å²) in [6.07, 6.45) is 2.49. The zero-order chi connectivity index (χ0) is 17.6. The summed E-state index contributed by atoms with van der Waals surface area (Å²) < 4.78 is 14.7. The molecule has 26 heavy (non-hydrogen) atoms. The molecule has 0 radical (unpaired) electrons. The summed E-state index contributed by atoms with van der Waals surface area (Å²) in [6, 6.07) is 6.05. The minimum Gasteiger partial charge on any atom is -0.352 e. The lowest BCUT2D eigenvalue weighted by molar-refractivity contribution is 0.0950. The highest BCUT2D eigenvalue weighted by Gasteiger charge is 2.15. The van der Waals surface area contributed by atoms with E-state index >= 15 is 0 Å². The van der Waals surface area contributed by atoms with Crippen molar-refractivity contribution in [2.75, 3.05) is 39.3 Å². The molecule has 0 spiro atoms. The van der Waals surface area contributed by atoms with E-state index in [2.05, 4.69) is 20.6 Å². The summed E-state index contributed by atoms with van der Waals surface area (Å²) in [7, 11) is 0.